The molecule has 15 nitrogen and oxygen atoms in total. The maximum absolute atomic E-state index is 11.9. The second-order valence-corrected chi connectivity index (χ2v) is 10.2. The molecule has 2 rings (SSSR count). The number of carbonyl (C=O) groups excluding carboxylic acids is 2. The Morgan fingerprint density at radius 1 is 0.868 bits per heavy atom. The molecule has 0 radical (unpaired) electrons. The first kappa shape index (κ1) is 32.6. The normalized spacial score (nSPS) is 35.9. The minimum absolute atomic E-state index is 0.109. The molecular weight excluding hydrogens is 512 g/mol. The van der Waals surface area contributed by atoms with Crippen LogP contribution in [0.5, 0.6) is 0 Å². The van der Waals surface area contributed by atoms with Crippen LogP contribution in [0.4, 0.5) is 4.79 Å². The molecule has 0 bridgehead atoms. The number of amides is 2. The van der Waals surface area contributed by atoms with Gasteiger partial charge in [0.25, 0.3) is 0 Å². The first-order valence-electron chi connectivity index (χ1n) is 12.5. The SMILES string of the molecule is CC(=O)N[C@H]1[C@H](OCCCCNC(=O)OC(C)(C)C)O[C@H](CO)[C@@H](O)[C@@H]1O[C@@H]1O[C@H](CO)[C@H](O)[C@H](O)[C@H]1O. The summed E-state index contributed by atoms with van der Waals surface area (Å²) in [6, 6.07) is -1.14. The van der Waals surface area contributed by atoms with Crippen LogP contribution in [0.25, 0.3) is 0 Å². The standard InChI is InChI=1S/C23H42N2O13/c1-11(28)25-14-19(37-21-18(32)17(31)15(29)12(9-26)36-21)16(30)13(10-27)35-20(14)34-8-6-5-7-24-22(33)38-23(2,3)4/h12-21,26-27,29-32H,5-10H2,1-4H3,(H,24,33)(H,25,28)/t12-,13-,14-,15+,16-,17+,18-,19-,20-,21+/m1/s1. The van der Waals surface area contributed by atoms with Crippen LogP contribution in [0.15, 0.2) is 0 Å². The molecule has 0 saturated carbocycles. The number of hydrogen-bond donors (Lipinski definition) is 8. The number of unbranched alkanes of at least 4 members (excludes halogenated alkanes) is 1. The predicted molar refractivity (Wildman–Crippen MR) is 127 cm³/mol. The van der Waals surface area contributed by atoms with Gasteiger partial charge in [0.2, 0.25) is 5.91 Å². The molecule has 2 fully saturated rings. The van der Waals surface area contributed by atoms with Crippen LogP contribution in [-0.2, 0) is 28.5 Å². The van der Waals surface area contributed by atoms with Crippen molar-refractivity contribution in [1.29, 1.82) is 0 Å². The van der Waals surface area contributed by atoms with Gasteiger partial charge >= 0.3 is 6.09 Å². The second kappa shape index (κ2) is 14.6. The number of nitrogens with one attached hydrogen (secondary N) is 2. The quantitative estimate of drug-likeness (QED) is 0.120. The van der Waals surface area contributed by atoms with E-state index in [0.717, 1.165) is 0 Å². The third kappa shape index (κ3) is 9.22. The van der Waals surface area contributed by atoms with E-state index >= 15 is 0 Å². The zero-order chi connectivity index (χ0) is 28.6. The molecule has 0 unspecified atom stereocenters. The van der Waals surface area contributed by atoms with Crippen LogP contribution in [0.2, 0.25) is 0 Å². The van der Waals surface area contributed by atoms with Crippen molar-refractivity contribution in [1.82, 2.24) is 10.6 Å². The third-order valence-corrected chi connectivity index (χ3v) is 5.88. The lowest BCUT2D eigenvalue weighted by Gasteiger charge is -2.47. The Hall–Kier alpha value is -1.66. The summed E-state index contributed by atoms with van der Waals surface area (Å²) in [5, 5.41) is 65.6. The second-order valence-electron chi connectivity index (χ2n) is 10.2. The minimum Gasteiger partial charge on any atom is -0.444 e. The lowest BCUT2D eigenvalue weighted by atomic mass is 9.95. The fourth-order valence-corrected chi connectivity index (χ4v) is 4.03. The van der Waals surface area contributed by atoms with Gasteiger partial charge in [-0.15, -0.1) is 0 Å². The van der Waals surface area contributed by atoms with Crippen molar-refractivity contribution in [3.63, 3.8) is 0 Å². The fraction of sp³-hybridized carbons (Fsp3) is 0.913. The van der Waals surface area contributed by atoms with Crippen LogP contribution in [0.3, 0.4) is 0 Å². The lowest BCUT2D eigenvalue weighted by molar-refractivity contribution is -0.344. The average molecular weight is 555 g/mol. The Morgan fingerprint density at radius 3 is 2.05 bits per heavy atom. The number of ether oxygens (including phenoxy) is 5. The number of aliphatic hydroxyl groups is 6. The molecule has 0 aromatic heterocycles. The molecule has 2 aliphatic rings. The van der Waals surface area contributed by atoms with Crippen LogP contribution in [0, 0.1) is 0 Å². The smallest absolute Gasteiger partial charge is 0.407 e. The van der Waals surface area contributed by atoms with E-state index in [0.29, 0.717) is 19.4 Å². The van der Waals surface area contributed by atoms with Crippen molar-refractivity contribution >= 4 is 12.0 Å². The number of rotatable bonds is 11. The molecule has 222 valence electrons. The summed E-state index contributed by atoms with van der Waals surface area (Å²) in [6.45, 7) is 5.57. The summed E-state index contributed by atoms with van der Waals surface area (Å²) >= 11 is 0. The van der Waals surface area contributed by atoms with Gasteiger partial charge in [0.05, 0.1) is 13.2 Å². The molecule has 10 atom stereocenters. The highest BCUT2D eigenvalue weighted by Gasteiger charge is 2.51. The first-order valence-corrected chi connectivity index (χ1v) is 12.5. The zero-order valence-electron chi connectivity index (χ0n) is 22.1. The summed E-state index contributed by atoms with van der Waals surface area (Å²) in [5.41, 5.74) is -0.619. The molecule has 15 heteroatoms. The Balaban J connectivity index is 2.04. The lowest BCUT2D eigenvalue weighted by Crippen LogP contribution is -2.68. The maximum atomic E-state index is 11.9. The highest BCUT2D eigenvalue weighted by Crippen LogP contribution is 2.29. The summed E-state index contributed by atoms with van der Waals surface area (Å²) in [6.07, 6.45) is -12.8. The first-order chi connectivity index (χ1) is 17.8. The molecule has 2 amide bonds. The van der Waals surface area contributed by atoms with E-state index in [1.165, 1.54) is 6.92 Å². The zero-order valence-corrected chi connectivity index (χ0v) is 22.1. The van der Waals surface area contributed by atoms with E-state index < -0.39 is 92.2 Å². The Bertz CT molecular complexity index is 749. The van der Waals surface area contributed by atoms with Gasteiger partial charge in [-0.05, 0) is 33.6 Å². The number of aliphatic hydroxyl groups excluding tert-OH is 6. The molecular formula is C23H42N2O13. The highest BCUT2D eigenvalue weighted by atomic mass is 16.7. The van der Waals surface area contributed by atoms with Crippen molar-refractivity contribution in [2.24, 2.45) is 0 Å². The van der Waals surface area contributed by atoms with E-state index in [9.17, 15) is 40.2 Å². The molecule has 8 N–H and O–H groups in total. The van der Waals surface area contributed by atoms with E-state index in [2.05, 4.69) is 10.6 Å². The van der Waals surface area contributed by atoms with Crippen molar-refractivity contribution in [2.75, 3.05) is 26.4 Å². The van der Waals surface area contributed by atoms with Gasteiger partial charge in [-0.1, -0.05) is 0 Å². The van der Waals surface area contributed by atoms with Crippen molar-refractivity contribution in [2.45, 2.75) is 107 Å². The van der Waals surface area contributed by atoms with E-state index in [4.69, 9.17) is 23.7 Å². The van der Waals surface area contributed by atoms with Gasteiger partial charge in [0.1, 0.15) is 54.4 Å². The van der Waals surface area contributed by atoms with Gasteiger partial charge in [-0.3, -0.25) is 4.79 Å². The Labute approximate surface area is 221 Å². The summed E-state index contributed by atoms with van der Waals surface area (Å²) in [7, 11) is 0. The van der Waals surface area contributed by atoms with E-state index in [1.54, 1.807) is 20.8 Å². The minimum atomic E-state index is -1.76. The Kier molecular flexibility index (Phi) is 12.5. The topological polar surface area (TPSA) is 226 Å². The van der Waals surface area contributed by atoms with E-state index in [1.807, 2.05) is 0 Å². The largest absolute Gasteiger partial charge is 0.444 e. The maximum Gasteiger partial charge on any atom is 0.407 e. The summed E-state index contributed by atoms with van der Waals surface area (Å²) < 4.78 is 27.7. The molecule has 2 heterocycles. The molecule has 0 aromatic rings. The van der Waals surface area contributed by atoms with Gasteiger partial charge < -0.3 is 65.0 Å². The molecule has 0 aromatic carbocycles. The predicted octanol–water partition coefficient (Wildman–Crippen LogP) is -2.92. The van der Waals surface area contributed by atoms with Crippen LogP contribution in [0.1, 0.15) is 40.5 Å². The van der Waals surface area contributed by atoms with Crippen molar-refractivity contribution in [3.8, 4) is 0 Å². The number of hydrogen-bond acceptors (Lipinski definition) is 13. The summed E-state index contributed by atoms with van der Waals surface area (Å²) in [4.78, 5) is 23.7. The van der Waals surface area contributed by atoms with Crippen LogP contribution < -0.4 is 10.6 Å². The van der Waals surface area contributed by atoms with Crippen LogP contribution in [-0.4, -0.2) is 136 Å². The highest BCUT2D eigenvalue weighted by molar-refractivity contribution is 5.73. The molecule has 0 spiro atoms. The fourth-order valence-electron chi connectivity index (χ4n) is 4.03. The number of carbonyl (C=O) groups is 2. The average Bonchev–Trinajstić information content (AvgIpc) is 2.83. The summed E-state index contributed by atoms with van der Waals surface area (Å²) in [5.74, 6) is -0.522. The van der Waals surface area contributed by atoms with Crippen LogP contribution >= 0.6 is 0 Å². The van der Waals surface area contributed by atoms with Gasteiger partial charge in [-0.25, -0.2) is 4.79 Å². The molecule has 0 aliphatic carbocycles. The molecule has 2 aliphatic heterocycles. The van der Waals surface area contributed by atoms with E-state index in [-0.39, 0.29) is 6.61 Å². The third-order valence-electron chi connectivity index (χ3n) is 5.88. The monoisotopic (exact) mass is 554 g/mol. The van der Waals surface area contributed by atoms with Gasteiger partial charge in [-0.2, -0.15) is 0 Å². The van der Waals surface area contributed by atoms with Gasteiger partial charge in [0, 0.05) is 20.1 Å². The molecule has 2 saturated heterocycles. The number of alkyl carbamates (subject to hydrolysis) is 1. The van der Waals surface area contributed by atoms with Crippen molar-refractivity contribution in [3.05, 3.63) is 0 Å². The van der Waals surface area contributed by atoms with Crippen molar-refractivity contribution < 1.29 is 63.9 Å². The Morgan fingerprint density at radius 2 is 1.47 bits per heavy atom. The van der Waals surface area contributed by atoms with Gasteiger partial charge in [0.15, 0.2) is 12.6 Å². The molecule has 38 heavy (non-hydrogen) atoms.